The van der Waals surface area contributed by atoms with Gasteiger partial charge >= 0.3 is 5.97 Å². The molecule has 1 amide bonds. The van der Waals surface area contributed by atoms with Crippen LogP contribution in [-0.2, 0) is 14.4 Å². The second-order valence-corrected chi connectivity index (χ2v) is 13.6. The monoisotopic (exact) mass is 628 g/mol. The number of ether oxygens (including phenoxy) is 2. The first-order chi connectivity index (χ1) is 22.0. The number of hydrogen-bond acceptors (Lipinski definition) is 7. The molecule has 0 spiro atoms. The topological polar surface area (TPSA) is 124 Å². The van der Waals surface area contributed by atoms with Crippen molar-refractivity contribution < 1.29 is 29.0 Å². The van der Waals surface area contributed by atoms with Gasteiger partial charge in [-0.3, -0.25) is 14.4 Å². The van der Waals surface area contributed by atoms with E-state index < -0.39 is 29.3 Å². The molecule has 46 heavy (non-hydrogen) atoms. The summed E-state index contributed by atoms with van der Waals surface area (Å²) in [7, 11) is 3.42. The van der Waals surface area contributed by atoms with Gasteiger partial charge in [0, 0.05) is 49.1 Å². The molecule has 0 radical (unpaired) electrons. The summed E-state index contributed by atoms with van der Waals surface area (Å²) in [4.78, 5) is 46.8. The number of hydrogen-bond donors (Lipinski definition) is 1. The highest BCUT2D eigenvalue weighted by Gasteiger charge is 2.61. The third-order valence-electron chi connectivity index (χ3n) is 10.2. The standard InChI is InChI=1S/C36H44N4O6/c1-21(2)28-13-15-40(38-28)32-18-31(25-11-12-30(45-5)22(3)33(25)37-32)46-24-16-26-27(17-24)34(42)39(4)14-9-7-6-8-10-23-19-36(23,35(43)44)20-29(26)41/h8,10-13,15,18,21,23-24,26-27H,6-7,9,14,16-17,19-20H2,1-5H3,(H,43,44)/b10-8-/t23-,24-,26-,27-,36-/m1/s1. The molecule has 2 saturated carbocycles. The van der Waals surface area contributed by atoms with E-state index in [1.54, 1.807) is 23.7 Å². The number of carbonyl (C=O) groups excluding carboxylic acids is 2. The first-order valence-corrected chi connectivity index (χ1v) is 16.4. The van der Waals surface area contributed by atoms with E-state index in [0.29, 0.717) is 48.6 Å². The predicted molar refractivity (Wildman–Crippen MR) is 173 cm³/mol. The molecule has 2 fully saturated rings. The minimum absolute atomic E-state index is 0.0684. The number of allylic oxidation sites excluding steroid dienone is 2. The fraction of sp³-hybridized carbons (Fsp3) is 0.528. The normalized spacial score (nSPS) is 27.7. The number of carboxylic acids is 1. The number of aliphatic carboxylic acids is 1. The van der Waals surface area contributed by atoms with E-state index in [-0.39, 0.29) is 29.9 Å². The average Bonchev–Trinajstić information content (AvgIpc) is 3.33. The molecule has 3 heterocycles. The molecule has 10 nitrogen and oxygen atoms in total. The second kappa shape index (κ2) is 12.5. The van der Waals surface area contributed by atoms with Crippen LogP contribution in [0.1, 0.15) is 76.0 Å². The maximum atomic E-state index is 13.9. The van der Waals surface area contributed by atoms with Crippen molar-refractivity contribution in [1.82, 2.24) is 19.7 Å². The molecule has 1 aromatic carbocycles. The summed E-state index contributed by atoms with van der Waals surface area (Å²) >= 11 is 0. The molecule has 2 aromatic heterocycles. The van der Waals surface area contributed by atoms with Gasteiger partial charge < -0.3 is 19.5 Å². The Labute approximate surface area is 269 Å². The number of methoxy groups -OCH3 is 1. The van der Waals surface area contributed by atoms with Crippen molar-refractivity contribution in [3.05, 3.63) is 53.9 Å². The van der Waals surface area contributed by atoms with Gasteiger partial charge in [-0.1, -0.05) is 26.0 Å². The molecular weight excluding hydrogens is 584 g/mol. The number of pyridine rings is 1. The Morgan fingerprint density at radius 2 is 1.89 bits per heavy atom. The zero-order chi connectivity index (χ0) is 32.7. The van der Waals surface area contributed by atoms with Crippen molar-refractivity contribution in [2.24, 2.45) is 23.2 Å². The molecule has 5 atom stereocenters. The van der Waals surface area contributed by atoms with E-state index in [2.05, 4.69) is 13.8 Å². The second-order valence-electron chi connectivity index (χ2n) is 13.6. The third kappa shape index (κ3) is 5.89. The summed E-state index contributed by atoms with van der Waals surface area (Å²) in [5.41, 5.74) is 1.44. The van der Waals surface area contributed by atoms with Crippen LogP contribution < -0.4 is 9.47 Å². The van der Waals surface area contributed by atoms with E-state index in [9.17, 15) is 19.5 Å². The average molecular weight is 629 g/mol. The van der Waals surface area contributed by atoms with Gasteiger partial charge in [0.15, 0.2) is 5.82 Å². The highest BCUT2D eigenvalue weighted by molar-refractivity contribution is 5.94. The number of benzene rings is 1. The number of ketones is 1. The summed E-state index contributed by atoms with van der Waals surface area (Å²) in [5, 5.41) is 15.7. The van der Waals surface area contributed by atoms with Crippen LogP contribution in [0.25, 0.3) is 16.7 Å². The molecule has 3 aliphatic rings. The van der Waals surface area contributed by atoms with Gasteiger partial charge in [-0.2, -0.15) is 5.10 Å². The summed E-state index contributed by atoms with van der Waals surface area (Å²) in [5.74, 6) is -0.375. The van der Waals surface area contributed by atoms with Crippen molar-refractivity contribution in [3.63, 3.8) is 0 Å². The summed E-state index contributed by atoms with van der Waals surface area (Å²) in [6.07, 6.45) is 9.15. The van der Waals surface area contributed by atoms with Gasteiger partial charge in [0.2, 0.25) is 5.91 Å². The quantitative estimate of drug-likeness (QED) is 0.336. The Hall–Kier alpha value is -4.21. The number of fused-ring (bicyclic) bond motifs is 3. The van der Waals surface area contributed by atoms with Crippen LogP contribution in [0.5, 0.6) is 11.5 Å². The summed E-state index contributed by atoms with van der Waals surface area (Å²) < 4.78 is 14.1. The van der Waals surface area contributed by atoms with Crippen LogP contribution >= 0.6 is 0 Å². The Morgan fingerprint density at radius 1 is 1.11 bits per heavy atom. The van der Waals surface area contributed by atoms with Gasteiger partial charge in [0.25, 0.3) is 0 Å². The number of carbonyl (C=O) groups is 3. The van der Waals surface area contributed by atoms with E-state index in [1.807, 2.05) is 49.5 Å². The highest BCUT2D eigenvalue weighted by Crippen LogP contribution is 2.57. The first kappa shape index (κ1) is 31.8. The SMILES string of the molecule is COc1ccc2c(O[C@@H]3C[C@H]4C(=O)C[C@]5(C(=O)O)C[C@H]5/C=C\CCCCN(C)C(=O)[C@@H]4C3)cc(-n3ccc(C(C)C)n3)nc2c1C. The number of aryl methyl sites for hydroxylation is 1. The van der Waals surface area contributed by atoms with Gasteiger partial charge in [-0.25, -0.2) is 9.67 Å². The molecule has 0 bridgehead atoms. The molecule has 3 aromatic rings. The highest BCUT2D eigenvalue weighted by atomic mass is 16.5. The number of carboxylic acid groups (broad SMARTS) is 1. The zero-order valence-corrected chi connectivity index (χ0v) is 27.4. The van der Waals surface area contributed by atoms with Gasteiger partial charge in [-0.15, -0.1) is 0 Å². The lowest BCUT2D eigenvalue weighted by molar-refractivity contribution is -0.147. The van der Waals surface area contributed by atoms with Gasteiger partial charge in [0.05, 0.1) is 29.7 Å². The van der Waals surface area contributed by atoms with E-state index in [1.165, 1.54) is 0 Å². The minimum Gasteiger partial charge on any atom is -0.496 e. The summed E-state index contributed by atoms with van der Waals surface area (Å²) in [6.45, 7) is 6.74. The van der Waals surface area contributed by atoms with E-state index in [0.717, 1.165) is 35.9 Å². The lowest BCUT2D eigenvalue weighted by atomic mass is 9.84. The number of amides is 1. The first-order valence-electron chi connectivity index (χ1n) is 16.4. The third-order valence-corrected chi connectivity index (χ3v) is 10.2. The number of aromatic nitrogens is 3. The van der Waals surface area contributed by atoms with Crippen LogP contribution in [-0.4, -0.2) is 69.2 Å². The Bertz CT molecular complexity index is 1690. The lowest BCUT2D eigenvalue weighted by Crippen LogP contribution is -2.38. The smallest absolute Gasteiger partial charge is 0.310 e. The number of rotatable bonds is 6. The zero-order valence-electron chi connectivity index (χ0n) is 27.4. The van der Waals surface area contributed by atoms with Crippen LogP contribution in [0.3, 0.4) is 0 Å². The summed E-state index contributed by atoms with van der Waals surface area (Å²) in [6, 6.07) is 7.64. The van der Waals surface area contributed by atoms with Gasteiger partial charge in [-0.05, 0) is 75.5 Å². The maximum Gasteiger partial charge on any atom is 0.310 e. The molecule has 6 rings (SSSR count). The number of Topliss-reactive ketones (excluding diaryl/α,β-unsaturated/α-hetero) is 1. The van der Waals surface area contributed by atoms with E-state index >= 15 is 0 Å². The van der Waals surface area contributed by atoms with Crippen LogP contribution in [0.15, 0.2) is 42.6 Å². The molecule has 1 aliphatic heterocycles. The molecule has 0 saturated heterocycles. The fourth-order valence-electron chi connectivity index (χ4n) is 7.29. The Kier molecular flexibility index (Phi) is 8.65. The van der Waals surface area contributed by atoms with Crippen LogP contribution in [0.4, 0.5) is 0 Å². The fourth-order valence-corrected chi connectivity index (χ4v) is 7.29. The lowest BCUT2D eigenvalue weighted by Gasteiger charge is -2.25. The van der Waals surface area contributed by atoms with E-state index in [4.69, 9.17) is 19.6 Å². The Balaban J connectivity index is 1.35. The number of nitrogens with zero attached hydrogens (tertiary/aromatic N) is 4. The molecule has 2 aliphatic carbocycles. The van der Waals surface area contributed by atoms with Crippen molar-refractivity contribution in [1.29, 1.82) is 0 Å². The Morgan fingerprint density at radius 3 is 2.61 bits per heavy atom. The van der Waals surface area contributed by atoms with Crippen LogP contribution in [0, 0.1) is 30.1 Å². The molecule has 1 N–H and O–H groups in total. The van der Waals surface area contributed by atoms with Crippen LogP contribution in [0.2, 0.25) is 0 Å². The van der Waals surface area contributed by atoms with Crippen molar-refractivity contribution in [2.75, 3.05) is 20.7 Å². The maximum absolute atomic E-state index is 13.9. The minimum atomic E-state index is -1.08. The predicted octanol–water partition coefficient (Wildman–Crippen LogP) is 5.88. The van der Waals surface area contributed by atoms with Crippen molar-refractivity contribution in [3.8, 4) is 17.3 Å². The van der Waals surface area contributed by atoms with Crippen molar-refractivity contribution in [2.45, 2.75) is 77.7 Å². The molecular formula is C36H44N4O6. The molecule has 10 heteroatoms. The van der Waals surface area contributed by atoms with Crippen molar-refractivity contribution >= 4 is 28.6 Å². The molecule has 0 unspecified atom stereocenters. The van der Waals surface area contributed by atoms with Gasteiger partial charge in [0.1, 0.15) is 23.4 Å². The largest absolute Gasteiger partial charge is 0.496 e. The molecule has 244 valence electrons.